The summed E-state index contributed by atoms with van der Waals surface area (Å²) in [5, 5.41) is 25.1. The first kappa shape index (κ1) is 14.9. The number of rotatable bonds is 5. The van der Waals surface area contributed by atoms with Crippen LogP contribution < -0.4 is 5.32 Å². The summed E-state index contributed by atoms with van der Waals surface area (Å²) in [6.07, 6.45) is 0. The van der Waals surface area contributed by atoms with Gasteiger partial charge in [0.2, 0.25) is 0 Å². The van der Waals surface area contributed by atoms with Gasteiger partial charge in [0, 0.05) is 22.5 Å². The molecule has 108 valence electrons. The van der Waals surface area contributed by atoms with E-state index in [1.54, 1.807) is 17.4 Å². The van der Waals surface area contributed by atoms with Gasteiger partial charge in [0.05, 0.1) is 0 Å². The van der Waals surface area contributed by atoms with Gasteiger partial charge in [0.1, 0.15) is 11.5 Å². The number of phenols is 2. The quantitative estimate of drug-likeness (QED) is 0.723. The number of hydrogen-bond acceptors (Lipinski definition) is 4. The van der Waals surface area contributed by atoms with Crippen LogP contribution in [0.1, 0.15) is 43.3 Å². The van der Waals surface area contributed by atoms with E-state index in [1.807, 2.05) is 13.0 Å². The van der Waals surface area contributed by atoms with Crippen LogP contribution in [-0.2, 0) is 0 Å². The third-order valence-corrected chi connectivity index (χ3v) is 4.38. The van der Waals surface area contributed by atoms with E-state index < -0.39 is 0 Å². The van der Waals surface area contributed by atoms with Gasteiger partial charge >= 0.3 is 0 Å². The Bertz CT molecular complexity index is 552. The number of nitrogens with one attached hydrogen (secondary N) is 1. The Morgan fingerprint density at radius 1 is 1.10 bits per heavy atom. The molecule has 0 saturated carbocycles. The Kier molecular flexibility index (Phi) is 4.68. The molecule has 0 aliphatic heterocycles. The maximum absolute atomic E-state index is 9.94. The van der Waals surface area contributed by atoms with Crippen LogP contribution in [0.5, 0.6) is 11.5 Å². The predicted molar refractivity (Wildman–Crippen MR) is 83.2 cm³/mol. The highest BCUT2D eigenvalue weighted by molar-refractivity contribution is 7.10. The maximum Gasteiger partial charge on any atom is 0.120 e. The molecule has 3 nitrogen and oxygen atoms in total. The molecule has 4 heteroatoms. The summed E-state index contributed by atoms with van der Waals surface area (Å²) >= 11 is 1.73. The molecule has 2 atom stereocenters. The molecule has 0 aliphatic carbocycles. The number of hydrogen-bond donors (Lipinski definition) is 3. The number of phenolic OH excluding ortho intramolecular Hbond substituents is 2. The van der Waals surface area contributed by atoms with Crippen molar-refractivity contribution in [1.82, 2.24) is 5.32 Å². The zero-order chi connectivity index (χ0) is 14.7. The highest BCUT2D eigenvalue weighted by Crippen LogP contribution is 2.32. The van der Waals surface area contributed by atoms with Crippen LogP contribution in [0, 0.1) is 5.92 Å². The third-order valence-electron chi connectivity index (χ3n) is 3.42. The molecule has 0 spiro atoms. The van der Waals surface area contributed by atoms with Crippen molar-refractivity contribution in [2.75, 3.05) is 0 Å². The second kappa shape index (κ2) is 6.29. The maximum atomic E-state index is 9.94. The lowest BCUT2D eigenvalue weighted by Crippen LogP contribution is -2.27. The number of aromatic hydroxyl groups is 2. The van der Waals surface area contributed by atoms with E-state index in [4.69, 9.17) is 0 Å². The first-order valence-corrected chi connectivity index (χ1v) is 7.68. The fourth-order valence-corrected chi connectivity index (χ4v) is 3.28. The SMILES string of the molecule is CC(NC(c1cccs1)C(C)C)c1cc(O)ccc1O. The molecule has 0 saturated heterocycles. The molecule has 0 fully saturated rings. The molecule has 1 heterocycles. The van der Waals surface area contributed by atoms with Crippen LogP contribution in [0.15, 0.2) is 35.7 Å². The summed E-state index contributed by atoms with van der Waals surface area (Å²) in [5.74, 6) is 0.815. The largest absolute Gasteiger partial charge is 0.508 e. The van der Waals surface area contributed by atoms with Gasteiger partial charge in [-0.2, -0.15) is 0 Å². The van der Waals surface area contributed by atoms with Gasteiger partial charge in [-0.25, -0.2) is 0 Å². The third kappa shape index (κ3) is 3.32. The average molecular weight is 291 g/mol. The minimum Gasteiger partial charge on any atom is -0.508 e. The fourth-order valence-electron chi connectivity index (χ4n) is 2.32. The van der Waals surface area contributed by atoms with Crippen LogP contribution in [0.4, 0.5) is 0 Å². The molecule has 1 aromatic heterocycles. The van der Waals surface area contributed by atoms with Crippen LogP contribution >= 0.6 is 11.3 Å². The van der Waals surface area contributed by atoms with Crippen molar-refractivity contribution in [3.63, 3.8) is 0 Å². The topological polar surface area (TPSA) is 52.5 Å². The zero-order valence-corrected chi connectivity index (χ0v) is 12.8. The van der Waals surface area contributed by atoms with E-state index in [9.17, 15) is 10.2 Å². The zero-order valence-electron chi connectivity index (χ0n) is 12.0. The Balaban J connectivity index is 2.20. The summed E-state index contributed by atoms with van der Waals surface area (Å²) in [4.78, 5) is 1.28. The van der Waals surface area contributed by atoms with Crippen LogP contribution in [0.2, 0.25) is 0 Å². The van der Waals surface area contributed by atoms with E-state index in [2.05, 4.69) is 30.6 Å². The van der Waals surface area contributed by atoms with Gasteiger partial charge in [-0.1, -0.05) is 19.9 Å². The van der Waals surface area contributed by atoms with Crippen LogP contribution in [-0.4, -0.2) is 10.2 Å². The molecule has 0 bridgehead atoms. The fraction of sp³-hybridized carbons (Fsp3) is 0.375. The lowest BCUT2D eigenvalue weighted by molar-refractivity contribution is 0.369. The average Bonchev–Trinajstić information content (AvgIpc) is 2.91. The molecule has 0 aliphatic rings. The normalized spacial score (nSPS) is 14.4. The van der Waals surface area contributed by atoms with Crippen molar-refractivity contribution in [2.45, 2.75) is 32.9 Å². The molecule has 2 rings (SSSR count). The minimum atomic E-state index is -0.0448. The first-order chi connectivity index (χ1) is 9.49. The summed E-state index contributed by atoms with van der Waals surface area (Å²) in [6.45, 7) is 6.34. The molecule has 20 heavy (non-hydrogen) atoms. The molecular formula is C16H21NO2S. The van der Waals surface area contributed by atoms with E-state index in [0.717, 1.165) is 0 Å². The van der Waals surface area contributed by atoms with Crippen molar-refractivity contribution < 1.29 is 10.2 Å². The van der Waals surface area contributed by atoms with Crippen molar-refractivity contribution in [2.24, 2.45) is 5.92 Å². The van der Waals surface area contributed by atoms with Gasteiger partial charge < -0.3 is 15.5 Å². The van der Waals surface area contributed by atoms with Crippen molar-refractivity contribution in [1.29, 1.82) is 0 Å². The van der Waals surface area contributed by atoms with E-state index in [0.29, 0.717) is 11.5 Å². The summed E-state index contributed by atoms with van der Waals surface area (Å²) in [5.41, 5.74) is 0.715. The van der Waals surface area contributed by atoms with Gasteiger partial charge in [-0.05, 0) is 42.5 Å². The standard InChI is InChI=1S/C16H21NO2S/c1-10(2)16(15-5-4-8-20-15)17-11(3)13-9-12(18)6-7-14(13)19/h4-11,16-19H,1-3H3. The summed E-state index contributed by atoms with van der Waals surface area (Å²) in [7, 11) is 0. The van der Waals surface area contributed by atoms with E-state index >= 15 is 0 Å². The second-order valence-corrected chi connectivity index (χ2v) is 6.35. The molecule has 1 aromatic carbocycles. The molecule has 3 N–H and O–H groups in total. The van der Waals surface area contributed by atoms with E-state index in [-0.39, 0.29) is 23.6 Å². The van der Waals surface area contributed by atoms with Gasteiger partial charge in [0.15, 0.2) is 0 Å². The highest BCUT2D eigenvalue weighted by Gasteiger charge is 2.21. The van der Waals surface area contributed by atoms with Crippen molar-refractivity contribution in [3.8, 4) is 11.5 Å². The second-order valence-electron chi connectivity index (χ2n) is 5.37. The molecule has 0 radical (unpaired) electrons. The molecule has 2 aromatic rings. The van der Waals surface area contributed by atoms with Gasteiger partial charge in [-0.15, -0.1) is 11.3 Å². The lowest BCUT2D eigenvalue weighted by Gasteiger charge is -2.26. The Morgan fingerprint density at radius 3 is 2.45 bits per heavy atom. The van der Waals surface area contributed by atoms with Crippen LogP contribution in [0.3, 0.4) is 0 Å². The van der Waals surface area contributed by atoms with Crippen molar-refractivity contribution >= 4 is 11.3 Å². The Labute approximate surface area is 123 Å². The van der Waals surface area contributed by atoms with E-state index in [1.165, 1.54) is 17.0 Å². The minimum absolute atomic E-state index is 0.0448. The van der Waals surface area contributed by atoms with Gasteiger partial charge in [-0.3, -0.25) is 0 Å². The highest BCUT2D eigenvalue weighted by atomic mass is 32.1. The lowest BCUT2D eigenvalue weighted by atomic mass is 9.99. The van der Waals surface area contributed by atoms with Gasteiger partial charge in [0.25, 0.3) is 0 Å². The van der Waals surface area contributed by atoms with Crippen molar-refractivity contribution in [3.05, 3.63) is 46.2 Å². The number of benzene rings is 1. The number of thiophene rings is 1. The predicted octanol–water partition coefficient (Wildman–Crippen LogP) is 4.21. The summed E-state index contributed by atoms with van der Waals surface area (Å²) in [6, 6.07) is 8.98. The molecule has 0 amide bonds. The summed E-state index contributed by atoms with van der Waals surface area (Å²) < 4.78 is 0. The molecular weight excluding hydrogens is 270 g/mol. The first-order valence-electron chi connectivity index (χ1n) is 6.80. The monoisotopic (exact) mass is 291 g/mol. The Hall–Kier alpha value is -1.52. The Morgan fingerprint density at radius 2 is 1.85 bits per heavy atom. The smallest absolute Gasteiger partial charge is 0.120 e. The van der Waals surface area contributed by atoms with Crippen LogP contribution in [0.25, 0.3) is 0 Å². The molecule has 2 unspecified atom stereocenters.